The number of allylic oxidation sites excluding steroid dienone is 4. The van der Waals surface area contributed by atoms with Crippen LogP contribution in [0.15, 0.2) is 23.3 Å². The second-order valence-electron chi connectivity index (χ2n) is 5.78. The maximum atomic E-state index is 5.68. The van der Waals surface area contributed by atoms with Crippen molar-refractivity contribution in [3.8, 4) is 0 Å². The second kappa shape index (κ2) is 7.10. The first-order valence-corrected chi connectivity index (χ1v) is 6.93. The average Bonchev–Trinajstić information content (AvgIpc) is 2.89. The summed E-state index contributed by atoms with van der Waals surface area (Å²) in [6.45, 7) is 9.44. The number of methoxy groups -OCH3 is 1. The summed E-state index contributed by atoms with van der Waals surface area (Å²) in [7, 11) is 1.73. The molecule has 18 heavy (non-hydrogen) atoms. The molecule has 2 nitrogen and oxygen atoms in total. The van der Waals surface area contributed by atoms with E-state index in [2.05, 4.69) is 39.8 Å². The van der Waals surface area contributed by atoms with E-state index in [0.29, 0.717) is 6.10 Å². The van der Waals surface area contributed by atoms with Crippen LogP contribution < -0.4 is 0 Å². The van der Waals surface area contributed by atoms with Gasteiger partial charge < -0.3 is 9.47 Å². The SMILES string of the molecule is COCC1OC1(C)CC/C=C(\C)CCC=C(C)C. The fourth-order valence-electron chi connectivity index (χ4n) is 2.17. The zero-order valence-corrected chi connectivity index (χ0v) is 12.6. The van der Waals surface area contributed by atoms with Gasteiger partial charge in [-0.15, -0.1) is 0 Å². The molecule has 0 N–H and O–H groups in total. The van der Waals surface area contributed by atoms with Gasteiger partial charge in [0.2, 0.25) is 0 Å². The lowest BCUT2D eigenvalue weighted by Gasteiger charge is -2.05. The molecule has 0 aromatic carbocycles. The van der Waals surface area contributed by atoms with Gasteiger partial charge in [-0.25, -0.2) is 0 Å². The van der Waals surface area contributed by atoms with E-state index in [-0.39, 0.29) is 5.60 Å². The van der Waals surface area contributed by atoms with E-state index in [1.165, 1.54) is 17.6 Å². The number of ether oxygens (including phenoxy) is 2. The Hall–Kier alpha value is -0.600. The molecule has 0 bridgehead atoms. The Morgan fingerprint density at radius 2 is 1.94 bits per heavy atom. The molecule has 1 saturated heterocycles. The first kappa shape index (κ1) is 15.5. The van der Waals surface area contributed by atoms with Gasteiger partial charge in [-0.1, -0.05) is 23.3 Å². The van der Waals surface area contributed by atoms with E-state index in [4.69, 9.17) is 9.47 Å². The van der Waals surface area contributed by atoms with Gasteiger partial charge in [0.25, 0.3) is 0 Å². The normalized spacial score (nSPS) is 27.2. The molecule has 2 heteroatoms. The van der Waals surface area contributed by atoms with Crippen molar-refractivity contribution in [2.75, 3.05) is 13.7 Å². The van der Waals surface area contributed by atoms with Gasteiger partial charge in [-0.05, 0) is 53.4 Å². The highest BCUT2D eigenvalue weighted by molar-refractivity contribution is 5.05. The molecule has 0 saturated carbocycles. The monoisotopic (exact) mass is 252 g/mol. The fraction of sp³-hybridized carbons (Fsp3) is 0.750. The minimum atomic E-state index is 0.0622. The van der Waals surface area contributed by atoms with Crippen LogP contribution in [-0.2, 0) is 9.47 Å². The summed E-state index contributed by atoms with van der Waals surface area (Å²) in [5.41, 5.74) is 2.95. The maximum absolute atomic E-state index is 5.68. The van der Waals surface area contributed by atoms with Crippen molar-refractivity contribution >= 4 is 0 Å². The molecule has 2 atom stereocenters. The molecule has 1 aliphatic heterocycles. The van der Waals surface area contributed by atoms with Crippen LogP contribution in [0.2, 0.25) is 0 Å². The lowest BCUT2D eigenvalue weighted by atomic mass is 10.00. The largest absolute Gasteiger partial charge is 0.382 e. The molecule has 0 aliphatic carbocycles. The summed E-state index contributed by atoms with van der Waals surface area (Å²) >= 11 is 0. The van der Waals surface area contributed by atoms with Crippen LogP contribution >= 0.6 is 0 Å². The Labute approximate surface area is 112 Å². The summed E-state index contributed by atoms with van der Waals surface area (Å²) < 4.78 is 10.8. The molecular formula is C16H28O2. The maximum Gasteiger partial charge on any atom is 0.110 e. The van der Waals surface area contributed by atoms with E-state index >= 15 is 0 Å². The highest BCUT2D eigenvalue weighted by atomic mass is 16.6. The van der Waals surface area contributed by atoms with Gasteiger partial charge >= 0.3 is 0 Å². The minimum absolute atomic E-state index is 0.0622. The van der Waals surface area contributed by atoms with Crippen LogP contribution in [0.25, 0.3) is 0 Å². The van der Waals surface area contributed by atoms with Crippen LogP contribution in [0.3, 0.4) is 0 Å². The standard InChI is InChI=1S/C16H28O2/c1-13(2)8-6-9-14(3)10-7-11-16(4)15(18-16)12-17-5/h8,10,15H,6-7,9,11-12H2,1-5H3/b14-10+. The number of hydrogen-bond donors (Lipinski definition) is 0. The zero-order chi connectivity index (χ0) is 13.6. The third-order valence-corrected chi connectivity index (χ3v) is 3.58. The Kier molecular flexibility index (Phi) is 6.10. The van der Waals surface area contributed by atoms with Crippen molar-refractivity contribution in [2.45, 2.75) is 65.1 Å². The molecule has 0 radical (unpaired) electrons. The van der Waals surface area contributed by atoms with Crippen LogP contribution in [0, 0.1) is 0 Å². The van der Waals surface area contributed by atoms with Gasteiger partial charge in [0.15, 0.2) is 0 Å². The summed E-state index contributed by atoms with van der Waals surface area (Å²) in [6.07, 6.45) is 9.50. The minimum Gasteiger partial charge on any atom is -0.382 e. The predicted molar refractivity (Wildman–Crippen MR) is 76.8 cm³/mol. The molecule has 1 rings (SSSR count). The topological polar surface area (TPSA) is 21.8 Å². The van der Waals surface area contributed by atoms with Crippen molar-refractivity contribution in [1.82, 2.24) is 0 Å². The van der Waals surface area contributed by atoms with Gasteiger partial charge in [-0.2, -0.15) is 0 Å². The molecule has 0 amide bonds. The van der Waals surface area contributed by atoms with Crippen LogP contribution in [0.5, 0.6) is 0 Å². The lowest BCUT2D eigenvalue weighted by Crippen LogP contribution is -2.13. The van der Waals surface area contributed by atoms with Gasteiger partial charge in [-0.3, -0.25) is 0 Å². The van der Waals surface area contributed by atoms with Crippen molar-refractivity contribution in [1.29, 1.82) is 0 Å². The summed E-state index contributed by atoms with van der Waals surface area (Å²) in [5.74, 6) is 0. The van der Waals surface area contributed by atoms with Gasteiger partial charge in [0.1, 0.15) is 6.10 Å². The molecule has 1 aliphatic rings. The summed E-state index contributed by atoms with van der Waals surface area (Å²) in [6, 6.07) is 0. The molecular weight excluding hydrogens is 224 g/mol. The number of hydrogen-bond acceptors (Lipinski definition) is 2. The van der Waals surface area contributed by atoms with E-state index < -0.39 is 0 Å². The van der Waals surface area contributed by atoms with E-state index in [9.17, 15) is 0 Å². The van der Waals surface area contributed by atoms with Crippen molar-refractivity contribution in [3.63, 3.8) is 0 Å². The second-order valence-corrected chi connectivity index (χ2v) is 5.78. The molecule has 104 valence electrons. The quantitative estimate of drug-likeness (QED) is 0.475. The van der Waals surface area contributed by atoms with Gasteiger partial charge in [0, 0.05) is 7.11 Å². The zero-order valence-electron chi connectivity index (χ0n) is 12.6. The first-order valence-electron chi connectivity index (χ1n) is 6.93. The van der Waals surface area contributed by atoms with Crippen molar-refractivity contribution < 1.29 is 9.47 Å². The molecule has 0 spiro atoms. The van der Waals surface area contributed by atoms with E-state index in [0.717, 1.165) is 25.9 Å². The van der Waals surface area contributed by atoms with Crippen LogP contribution in [-0.4, -0.2) is 25.4 Å². The van der Waals surface area contributed by atoms with Crippen molar-refractivity contribution in [3.05, 3.63) is 23.3 Å². The third kappa shape index (κ3) is 5.36. The fourth-order valence-corrected chi connectivity index (χ4v) is 2.17. The predicted octanol–water partition coefficient (Wildman–Crippen LogP) is 4.26. The molecule has 0 aromatic heterocycles. The Morgan fingerprint density at radius 3 is 2.56 bits per heavy atom. The number of rotatable bonds is 8. The van der Waals surface area contributed by atoms with E-state index in [1.807, 2.05) is 0 Å². The smallest absolute Gasteiger partial charge is 0.110 e. The average molecular weight is 252 g/mol. The lowest BCUT2D eigenvalue weighted by molar-refractivity contribution is 0.170. The first-order chi connectivity index (χ1) is 8.48. The Morgan fingerprint density at radius 1 is 1.22 bits per heavy atom. The number of epoxide rings is 1. The van der Waals surface area contributed by atoms with Crippen LogP contribution in [0.1, 0.15) is 53.4 Å². The molecule has 0 aromatic rings. The highest BCUT2D eigenvalue weighted by Crippen LogP contribution is 2.40. The molecule has 2 unspecified atom stereocenters. The summed E-state index contributed by atoms with van der Waals surface area (Å²) in [4.78, 5) is 0. The third-order valence-electron chi connectivity index (χ3n) is 3.58. The van der Waals surface area contributed by atoms with Crippen molar-refractivity contribution in [2.24, 2.45) is 0 Å². The van der Waals surface area contributed by atoms with Crippen LogP contribution in [0.4, 0.5) is 0 Å². The molecule has 1 heterocycles. The Bertz CT molecular complexity index is 313. The summed E-state index contributed by atoms with van der Waals surface area (Å²) in [5, 5.41) is 0. The highest BCUT2D eigenvalue weighted by Gasteiger charge is 2.51. The van der Waals surface area contributed by atoms with E-state index in [1.54, 1.807) is 7.11 Å². The Balaban J connectivity index is 2.18. The van der Waals surface area contributed by atoms with Gasteiger partial charge in [0.05, 0.1) is 12.2 Å². The molecule has 1 fully saturated rings.